The van der Waals surface area contributed by atoms with E-state index in [0.29, 0.717) is 14.2 Å². The number of thioether (sulfide) groups is 1. The fourth-order valence-electron chi connectivity index (χ4n) is 2.20. The molecule has 1 aliphatic heterocycles. The van der Waals surface area contributed by atoms with Crippen molar-refractivity contribution >= 4 is 57.6 Å². The summed E-state index contributed by atoms with van der Waals surface area (Å²) < 4.78 is 0.555. The third-order valence-corrected chi connectivity index (χ3v) is 4.87. The van der Waals surface area contributed by atoms with Crippen molar-refractivity contribution in [3.05, 3.63) is 69.6 Å². The number of carbonyl (C=O) groups is 1. The molecule has 0 unspecified atom stereocenters. The van der Waals surface area contributed by atoms with Gasteiger partial charge in [-0.2, -0.15) is 0 Å². The second kappa shape index (κ2) is 6.24. The van der Waals surface area contributed by atoms with Gasteiger partial charge in [0.1, 0.15) is 0 Å². The molecular weight excluding hydrogens is 334 g/mol. The maximum absolute atomic E-state index is 12.7. The summed E-state index contributed by atoms with van der Waals surface area (Å²) in [5.41, 5.74) is 2.78. The number of anilines is 1. The van der Waals surface area contributed by atoms with Crippen LogP contribution in [0.1, 0.15) is 11.1 Å². The number of halogens is 1. The lowest BCUT2D eigenvalue weighted by atomic mass is 10.1. The van der Waals surface area contributed by atoms with Gasteiger partial charge in [-0.1, -0.05) is 65.9 Å². The first kappa shape index (κ1) is 15.3. The van der Waals surface area contributed by atoms with Gasteiger partial charge in [0.15, 0.2) is 4.32 Å². The maximum atomic E-state index is 12.7. The molecule has 2 aromatic rings. The molecule has 0 bridgehead atoms. The number of hydrogen-bond acceptors (Lipinski definition) is 3. The van der Waals surface area contributed by atoms with Crippen LogP contribution in [0.25, 0.3) is 6.08 Å². The molecule has 1 saturated heterocycles. The Labute approximate surface area is 143 Å². The Balaban J connectivity index is 1.95. The van der Waals surface area contributed by atoms with Crippen LogP contribution in [0.2, 0.25) is 5.02 Å². The van der Waals surface area contributed by atoms with Crippen molar-refractivity contribution in [3.8, 4) is 0 Å². The van der Waals surface area contributed by atoms with Crippen molar-refractivity contribution in [2.24, 2.45) is 0 Å². The molecule has 2 aromatic carbocycles. The third kappa shape index (κ3) is 2.95. The standard InChI is InChI=1S/C17H12ClNOS2/c1-11-4-2-3-5-14(11)19-16(20)15(22-17(19)21)10-12-6-8-13(18)9-7-12/h2-10H,1H3/b15-10-. The molecule has 1 heterocycles. The summed E-state index contributed by atoms with van der Waals surface area (Å²) in [6, 6.07) is 15.1. The minimum atomic E-state index is -0.0840. The summed E-state index contributed by atoms with van der Waals surface area (Å²) in [7, 11) is 0. The van der Waals surface area contributed by atoms with E-state index in [1.807, 2.05) is 49.4 Å². The lowest BCUT2D eigenvalue weighted by molar-refractivity contribution is -0.113. The van der Waals surface area contributed by atoms with Crippen molar-refractivity contribution in [2.45, 2.75) is 6.92 Å². The highest BCUT2D eigenvalue weighted by Crippen LogP contribution is 2.37. The molecule has 1 amide bonds. The Kier molecular flexibility index (Phi) is 4.34. The van der Waals surface area contributed by atoms with Gasteiger partial charge in [0, 0.05) is 5.02 Å². The van der Waals surface area contributed by atoms with E-state index in [1.54, 1.807) is 17.0 Å². The Bertz CT molecular complexity index is 784. The molecule has 3 rings (SSSR count). The van der Waals surface area contributed by atoms with Crippen LogP contribution in [0.4, 0.5) is 5.69 Å². The summed E-state index contributed by atoms with van der Waals surface area (Å²) in [5, 5.41) is 0.671. The molecule has 22 heavy (non-hydrogen) atoms. The zero-order chi connectivity index (χ0) is 15.7. The number of carbonyl (C=O) groups excluding carboxylic acids is 1. The first-order valence-corrected chi connectivity index (χ1v) is 8.26. The molecule has 0 atom stereocenters. The molecule has 0 aliphatic carbocycles. The van der Waals surface area contributed by atoms with E-state index in [-0.39, 0.29) is 5.91 Å². The van der Waals surface area contributed by atoms with Gasteiger partial charge in [-0.05, 0) is 42.3 Å². The molecule has 110 valence electrons. The number of amides is 1. The van der Waals surface area contributed by atoms with Gasteiger partial charge in [0.2, 0.25) is 0 Å². The molecule has 1 fully saturated rings. The average molecular weight is 346 g/mol. The van der Waals surface area contributed by atoms with E-state index in [9.17, 15) is 4.79 Å². The molecule has 0 spiro atoms. The van der Waals surface area contributed by atoms with Crippen LogP contribution in [0.3, 0.4) is 0 Å². The van der Waals surface area contributed by atoms with Gasteiger partial charge in [0.05, 0.1) is 10.6 Å². The summed E-state index contributed by atoms with van der Waals surface area (Å²) in [6.07, 6.45) is 1.84. The van der Waals surface area contributed by atoms with E-state index >= 15 is 0 Å². The van der Waals surface area contributed by atoms with E-state index < -0.39 is 0 Å². The van der Waals surface area contributed by atoms with Crippen LogP contribution in [-0.4, -0.2) is 10.2 Å². The zero-order valence-electron chi connectivity index (χ0n) is 11.7. The number of thiocarbonyl (C=S) groups is 1. The number of benzene rings is 2. The van der Waals surface area contributed by atoms with Gasteiger partial charge in [-0.25, -0.2) is 0 Å². The normalized spacial score (nSPS) is 16.6. The molecule has 0 N–H and O–H groups in total. The second-order valence-electron chi connectivity index (χ2n) is 4.86. The number of hydrogen-bond donors (Lipinski definition) is 0. The lowest BCUT2D eigenvalue weighted by Crippen LogP contribution is -2.28. The minimum Gasteiger partial charge on any atom is -0.268 e. The van der Waals surface area contributed by atoms with Crippen molar-refractivity contribution < 1.29 is 4.79 Å². The van der Waals surface area contributed by atoms with Gasteiger partial charge >= 0.3 is 0 Å². The Morgan fingerprint density at radius 3 is 2.50 bits per heavy atom. The largest absolute Gasteiger partial charge is 0.270 e. The lowest BCUT2D eigenvalue weighted by Gasteiger charge is -2.16. The van der Waals surface area contributed by atoms with Crippen LogP contribution in [0.5, 0.6) is 0 Å². The highest BCUT2D eigenvalue weighted by Gasteiger charge is 2.33. The van der Waals surface area contributed by atoms with Crippen molar-refractivity contribution in [3.63, 3.8) is 0 Å². The first-order chi connectivity index (χ1) is 10.6. The molecule has 0 radical (unpaired) electrons. The molecule has 1 aliphatic rings. The Morgan fingerprint density at radius 1 is 1.14 bits per heavy atom. The average Bonchev–Trinajstić information content (AvgIpc) is 2.77. The fourth-order valence-corrected chi connectivity index (χ4v) is 3.61. The molecule has 0 aromatic heterocycles. The van der Waals surface area contributed by atoms with Crippen LogP contribution >= 0.6 is 35.6 Å². The van der Waals surface area contributed by atoms with Gasteiger partial charge in [-0.15, -0.1) is 0 Å². The van der Waals surface area contributed by atoms with Gasteiger partial charge in [-0.3, -0.25) is 9.69 Å². The zero-order valence-corrected chi connectivity index (χ0v) is 14.1. The first-order valence-electron chi connectivity index (χ1n) is 6.65. The van der Waals surface area contributed by atoms with Crippen LogP contribution in [0.15, 0.2) is 53.4 Å². The van der Waals surface area contributed by atoms with Crippen molar-refractivity contribution in [1.82, 2.24) is 0 Å². The monoisotopic (exact) mass is 345 g/mol. The quantitative estimate of drug-likeness (QED) is 0.561. The Hall–Kier alpha value is -1.62. The third-order valence-electron chi connectivity index (χ3n) is 3.32. The van der Waals surface area contributed by atoms with Gasteiger partial charge < -0.3 is 0 Å². The van der Waals surface area contributed by atoms with E-state index in [2.05, 4.69) is 0 Å². The van der Waals surface area contributed by atoms with Crippen LogP contribution in [-0.2, 0) is 4.79 Å². The number of nitrogens with zero attached hydrogens (tertiary/aromatic N) is 1. The summed E-state index contributed by atoms with van der Waals surface area (Å²) in [6.45, 7) is 1.97. The molecule has 0 saturated carbocycles. The minimum absolute atomic E-state index is 0.0840. The maximum Gasteiger partial charge on any atom is 0.270 e. The van der Waals surface area contributed by atoms with Crippen LogP contribution < -0.4 is 4.90 Å². The summed E-state index contributed by atoms with van der Waals surface area (Å²) in [5.74, 6) is -0.0840. The number of aryl methyl sites for hydroxylation is 1. The van der Waals surface area contributed by atoms with E-state index in [4.69, 9.17) is 23.8 Å². The summed E-state index contributed by atoms with van der Waals surface area (Å²) in [4.78, 5) is 14.9. The van der Waals surface area contributed by atoms with Crippen LogP contribution in [0, 0.1) is 6.92 Å². The Morgan fingerprint density at radius 2 is 1.82 bits per heavy atom. The molecule has 2 nitrogen and oxygen atoms in total. The second-order valence-corrected chi connectivity index (χ2v) is 6.97. The SMILES string of the molecule is Cc1ccccc1N1C(=O)/C(=C/c2ccc(Cl)cc2)SC1=S. The highest BCUT2D eigenvalue weighted by molar-refractivity contribution is 8.27. The van der Waals surface area contributed by atoms with Crippen molar-refractivity contribution in [1.29, 1.82) is 0 Å². The van der Waals surface area contributed by atoms with E-state index in [0.717, 1.165) is 16.8 Å². The topological polar surface area (TPSA) is 20.3 Å². The smallest absolute Gasteiger partial charge is 0.268 e. The van der Waals surface area contributed by atoms with Crippen molar-refractivity contribution in [2.75, 3.05) is 4.90 Å². The predicted octanol–water partition coefficient (Wildman–Crippen LogP) is 5.05. The van der Waals surface area contributed by atoms with Gasteiger partial charge in [0.25, 0.3) is 5.91 Å². The fraction of sp³-hybridized carbons (Fsp3) is 0.0588. The number of para-hydroxylation sites is 1. The summed E-state index contributed by atoms with van der Waals surface area (Å²) >= 11 is 12.6. The highest BCUT2D eigenvalue weighted by atomic mass is 35.5. The molecular formula is C17H12ClNOS2. The van der Waals surface area contributed by atoms with E-state index in [1.165, 1.54) is 11.8 Å². The molecule has 5 heteroatoms. The number of rotatable bonds is 2. The predicted molar refractivity (Wildman–Crippen MR) is 98.3 cm³/mol.